The minimum absolute atomic E-state index is 0.276. The molecule has 0 radical (unpaired) electrons. The van der Waals surface area contributed by atoms with Crippen LogP contribution in [0.15, 0.2) is 23.1 Å². The third-order valence-corrected chi connectivity index (χ3v) is 4.37. The summed E-state index contributed by atoms with van der Waals surface area (Å²) in [6.07, 6.45) is 6.86. The van der Waals surface area contributed by atoms with Crippen LogP contribution in [0, 0.1) is 5.82 Å². The Labute approximate surface area is 111 Å². The van der Waals surface area contributed by atoms with E-state index in [0.29, 0.717) is 11.4 Å². The standard InChI is InChI=1S/C14H22FNOS/c1-2-3-4-5-6-7-10-18(17)14-9-8-12(16)11-13(14)15/h8-9,11H,2-7,10,16H2,1H3. The van der Waals surface area contributed by atoms with Gasteiger partial charge in [-0.1, -0.05) is 39.0 Å². The van der Waals surface area contributed by atoms with Gasteiger partial charge in [0, 0.05) is 11.4 Å². The molecule has 1 aromatic carbocycles. The van der Waals surface area contributed by atoms with Crippen molar-refractivity contribution in [2.45, 2.75) is 50.3 Å². The molecule has 102 valence electrons. The van der Waals surface area contributed by atoms with Crippen LogP contribution in [0.3, 0.4) is 0 Å². The zero-order chi connectivity index (χ0) is 13.4. The summed E-state index contributed by atoms with van der Waals surface area (Å²) in [7, 11) is -1.24. The maximum Gasteiger partial charge on any atom is 0.141 e. The van der Waals surface area contributed by atoms with Crippen molar-refractivity contribution in [2.24, 2.45) is 0 Å². The topological polar surface area (TPSA) is 43.1 Å². The highest BCUT2D eigenvalue weighted by Gasteiger charge is 2.09. The van der Waals surface area contributed by atoms with E-state index < -0.39 is 16.6 Å². The first-order valence-electron chi connectivity index (χ1n) is 6.58. The summed E-state index contributed by atoms with van der Waals surface area (Å²) < 4.78 is 25.4. The number of hydrogen-bond donors (Lipinski definition) is 1. The second-order valence-electron chi connectivity index (χ2n) is 4.51. The molecule has 0 saturated heterocycles. The smallest absolute Gasteiger partial charge is 0.141 e. The molecule has 0 saturated carbocycles. The average molecular weight is 271 g/mol. The van der Waals surface area contributed by atoms with E-state index in [4.69, 9.17) is 5.73 Å². The molecule has 2 N–H and O–H groups in total. The zero-order valence-electron chi connectivity index (χ0n) is 11.0. The van der Waals surface area contributed by atoms with Gasteiger partial charge in [0.2, 0.25) is 0 Å². The number of unbranched alkanes of at least 4 members (excludes halogenated alkanes) is 5. The first-order chi connectivity index (χ1) is 8.65. The van der Waals surface area contributed by atoms with Crippen molar-refractivity contribution in [3.05, 3.63) is 24.0 Å². The van der Waals surface area contributed by atoms with Gasteiger partial charge in [0.05, 0.1) is 15.7 Å². The molecule has 0 aliphatic heterocycles. The highest BCUT2D eigenvalue weighted by Crippen LogP contribution is 2.17. The highest BCUT2D eigenvalue weighted by atomic mass is 32.2. The molecule has 0 bridgehead atoms. The van der Waals surface area contributed by atoms with Crippen molar-refractivity contribution in [2.75, 3.05) is 11.5 Å². The Morgan fingerprint density at radius 2 is 1.83 bits per heavy atom. The van der Waals surface area contributed by atoms with Crippen LogP contribution in [0.25, 0.3) is 0 Å². The molecule has 4 heteroatoms. The number of nitrogens with two attached hydrogens (primary N) is 1. The lowest BCUT2D eigenvalue weighted by atomic mass is 10.1. The van der Waals surface area contributed by atoms with Crippen molar-refractivity contribution >= 4 is 16.5 Å². The Balaban J connectivity index is 2.32. The molecule has 0 fully saturated rings. The molecule has 2 nitrogen and oxygen atoms in total. The van der Waals surface area contributed by atoms with Gasteiger partial charge in [0.1, 0.15) is 5.82 Å². The molecule has 1 aromatic rings. The van der Waals surface area contributed by atoms with E-state index in [1.807, 2.05) is 0 Å². The molecule has 0 amide bonds. The van der Waals surface area contributed by atoms with Gasteiger partial charge in [-0.05, 0) is 24.6 Å². The first kappa shape index (κ1) is 15.2. The lowest BCUT2D eigenvalue weighted by Gasteiger charge is -2.04. The monoisotopic (exact) mass is 271 g/mol. The van der Waals surface area contributed by atoms with Gasteiger partial charge in [0.15, 0.2) is 0 Å². The highest BCUT2D eigenvalue weighted by molar-refractivity contribution is 7.85. The third-order valence-electron chi connectivity index (χ3n) is 2.88. The summed E-state index contributed by atoms with van der Waals surface area (Å²) in [5.74, 6) is 0.0757. The van der Waals surface area contributed by atoms with Gasteiger partial charge < -0.3 is 5.73 Å². The Morgan fingerprint density at radius 1 is 1.17 bits per heavy atom. The molecule has 1 unspecified atom stereocenters. The minimum atomic E-state index is -1.24. The fraction of sp³-hybridized carbons (Fsp3) is 0.571. The van der Waals surface area contributed by atoms with Crippen molar-refractivity contribution in [1.82, 2.24) is 0 Å². The van der Waals surface area contributed by atoms with E-state index in [1.165, 1.54) is 37.8 Å². The number of nitrogen functional groups attached to an aromatic ring is 1. The van der Waals surface area contributed by atoms with Crippen LogP contribution in [0.2, 0.25) is 0 Å². The minimum Gasteiger partial charge on any atom is -0.399 e. The van der Waals surface area contributed by atoms with Gasteiger partial charge in [-0.2, -0.15) is 0 Å². The van der Waals surface area contributed by atoms with E-state index >= 15 is 0 Å². The quantitative estimate of drug-likeness (QED) is 0.576. The maximum absolute atomic E-state index is 13.5. The molecule has 0 spiro atoms. The average Bonchev–Trinajstić information content (AvgIpc) is 2.33. The maximum atomic E-state index is 13.5. The Hall–Kier alpha value is -0.900. The van der Waals surface area contributed by atoms with Crippen molar-refractivity contribution < 1.29 is 8.60 Å². The number of anilines is 1. The van der Waals surface area contributed by atoms with Crippen LogP contribution in [-0.2, 0) is 10.8 Å². The van der Waals surface area contributed by atoms with Crippen LogP contribution < -0.4 is 5.73 Å². The molecule has 0 aliphatic rings. The molecular weight excluding hydrogens is 249 g/mol. The predicted octanol–water partition coefficient (Wildman–Crippen LogP) is 3.88. The number of rotatable bonds is 8. The Morgan fingerprint density at radius 3 is 2.50 bits per heavy atom. The summed E-state index contributed by atoms with van der Waals surface area (Å²) in [4.78, 5) is 0.276. The summed E-state index contributed by atoms with van der Waals surface area (Å²) in [6, 6.07) is 4.35. The van der Waals surface area contributed by atoms with Crippen molar-refractivity contribution in [3.63, 3.8) is 0 Å². The van der Waals surface area contributed by atoms with E-state index in [2.05, 4.69) is 6.92 Å². The SMILES string of the molecule is CCCCCCCCS(=O)c1ccc(N)cc1F. The summed E-state index contributed by atoms with van der Waals surface area (Å²) in [6.45, 7) is 2.18. The largest absolute Gasteiger partial charge is 0.399 e. The first-order valence-corrected chi connectivity index (χ1v) is 7.90. The van der Waals surface area contributed by atoms with Crippen LogP contribution in [-0.4, -0.2) is 9.96 Å². The van der Waals surface area contributed by atoms with Crippen LogP contribution in [0.4, 0.5) is 10.1 Å². The molecule has 18 heavy (non-hydrogen) atoms. The van der Waals surface area contributed by atoms with Crippen molar-refractivity contribution in [3.8, 4) is 0 Å². The predicted molar refractivity (Wildman–Crippen MR) is 75.5 cm³/mol. The van der Waals surface area contributed by atoms with E-state index in [-0.39, 0.29) is 4.90 Å². The molecule has 0 heterocycles. The zero-order valence-corrected chi connectivity index (χ0v) is 11.8. The second-order valence-corrected chi connectivity index (χ2v) is 6.05. The molecular formula is C14H22FNOS. The van der Waals surface area contributed by atoms with Gasteiger partial charge >= 0.3 is 0 Å². The van der Waals surface area contributed by atoms with Gasteiger partial charge in [-0.25, -0.2) is 4.39 Å². The third kappa shape index (κ3) is 5.17. The number of halogens is 1. The molecule has 0 aliphatic carbocycles. The normalized spacial score (nSPS) is 12.6. The second kappa shape index (κ2) is 8.25. The fourth-order valence-corrected chi connectivity index (χ4v) is 3.01. The van der Waals surface area contributed by atoms with Crippen LogP contribution in [0.1, 0.15) is 45.4 Å². The Kier molecular flexibility index (Phi) is 6.94. The summed E-state index contributed by atoms with van der Waals surface area (Å²) in [5.41, 5.74) is 5.83. The molecule has 1 atom stereocenters. The van der Waals surface area contributed by atoms with Crippen molar-refractivity contribution in [1.29, 1.82) is 0 Å². The van der Waals surface area contributed by atoms with Crippen LogP contribution >= 0.6 is 0 Å². The van der Waals surface area contributed by atoms with Gasteiger partial charge in [0.25, 0.3) is 0 Å². The molecule has 1 rings (SSSR count). The van der Waals surface area contributed by atoms with Gasteiger partial charge in [-0.3, -0.25) is 4.21 Å². The van der Waals surface area contributed by atoms with E-state index in [1.54, 1.807) is 6.07 Å². The Bertz CT molecular complexity index is 395. The van der Waals surface area contributed by atoms with E-state index in [9.17, 15) is 8.60 Å². The number of hydrogen-bond acceptors (Lipinski definition) is 2. The van der Waals surface area contributed by atoms with E-state index in [0.717, 1.165) is 12.8 Å². The summed E-state index contributed by atoms with van der Waals surface area (Å²) in [5, 5.41) is 0. The molecule has 0 aromatic heterocycles. The summed E-state index contributed by atoms with van der Waals surface area (Å²) >= 11 is 0. The van der Waals surface area contributed by atoms with Gasteiger partial charge in [-0.15, -0.1) is 0 Å². The lowest BCUT2D eigenvalue weighted by molar-refractivity contribution is 0.593. The fourth-order valence-electron chi connectivity index (χ4n) is 1.83. The number of benzene rings is 1. The van der Waals surface area contributed by atoms with Crippen LogP contribution in [0.5, 0.6) is 0 Å². The lowest BCUT2D eigenvalue weighted by Crippen LogP contribution is -2.01.